The van der Waals surface area contributed by atoms with Crippen molar-refractivity contribution in [1.82, 2.24) is 4.98 Å². The van der Waals surface area contributed by atoms with Crippen LogP contribution in [0, 0.1) is 6.92 Å². The Labute approximate surface area is 128 Å². The molecular formula is C13H11Br2ClN2. The molecule has 0 amide bonds. The summed E-state index contributed by atoms with van der Waals surface area (Å²) in [5, 5.41) is 4.06. The smallest absolute Gasteiger partial charge is 0.109 e. The average molecular weight is 391 g/mol. The first-order valence-electron chi connectivity index (χ1n) is 5.36. The van der Waals surface area contributed by atoms with Crippen LogP contribution in [0.15, 0.2) is 39.5 Å². The highest BCUT2D eigenvalue weighted by Gasteiger charge is 2.02. The molecule has 94 valence electrons. The van der Waals surface area contributed by atoms with Gasteiger partial charge in [-0.2, -0.15) is 0 Å². The van der Waals surface area contributed by atoms with Crippen molar-refractivity contribution in [2.24, 2.45) is 0 Å². The average Bonchev–Trinajstić information content (AvgIpc) is 2.34. The van der Waals surface area contributed by atoms with E-state index in [0.717, 1.165) is 30.9 Å². The van der Waals surface area contributed by atoms with E-state index in [1.54, 1.807) is 6.20 Å². The Hall–Kier alpha value is -0.580. The van der Waals surface area contributed by atoms with Gasteiger partial charge in [0.15, 0.2) is 0 Å². The van der Waals surface area contributed by atoms with E-state index in [1.165, 1.54) is 0 Å². The van der Waals surface area contributed by atoms with E-state index in [2.05, 4.69) is 48.2 Å². The zero-order valence-electron chi connectivity index (χ0n) is 9.67. The lowest BCUT2D eigenvalue weighted by Crippen LogP contribution is -2.01. The molecule has 2 aromatic rings. The third kappa shape index (κ3) is 3.46. The van der Waals surface area contributed by atoms with Crippen molar-refractivity contribution in [3.8, 4) is 0 Å². The second-order valence-corrected chi connectivity index (χ2v) is 5.96. The van der Waals surface area contributed by atoms with E-state index in [4.69, 9.17) is 11.6 Å². The molecule has 18 heavy (non-hydrogen) atoms. The molecule has 0 spiro atoms. The molecule has 0 fully saturated rings. The lowest BCUT2D eigenvalue weighted by atomic mass is 10.2. The molecule has 0 saturated carbocycles. The van der Waals surface area contributed by atoms with Gasteiger partial charge in [0.2, 0.25) is 0 Å². The summed E-state index contributed by atoms with van der Waals surface area (Å²) < 4.78 is 1.91. The molecule has 0 aliphatic carbocycles. The van der Waals surface area contributed by atoms with Crippen molar-refractivity contribution in [1.29, 1.82) is 0 Å². The van der Waals surface area contributed by atoms with E-state index < -0.39 is 0 Å². The van der Waals surface area contributed by atoms with E-state index in [9.17, 15) is 0 Å². The number of aryl methyl sites for hydroxylation is 1. The van der Waals surface area contributed by atoms with E-state index >= 15 is 0 Å². The molecule has 0 unspecified atom stereocenters. The number of rotatable bonds is 3. The predicted molar refractivity (Wildman–Crippen MR) is 83.2 cm³/mol. The molecule has 1 heterocycles. The van der Waals surface area contributed by atoms with Crippen LogP contribution < -0.4 is 5.32 Å². The second-order valence-electron chi connectivity index (χ2n) is 3.92. The molecular weight excluding hydrogens is 379 g/mol. The van der Waals surface area contributed by atoms with Crippen LogP contribution in [0.2, 0.25) is 5.02 Å². The minimum absolute atomic E-state index is 0.698. The number of aromatic nitrogens is 1. The fourth-order valence-corrected chi connectivity index (χ4v) is 2.33. The van der Waals surface area contributed by atoms with Crippen molar-refractivity contribution in [3.63, 3.8) is 0 Å². The van der Waals surface area contributed by atoms with Gasteiger partial charge in [-0.15, -0.1) is 0 Å². The van der Waals surface area contributed by atoms with Gasteiger partial charge >= 0.3 is 0 Å². The van der Waals surface area contributed by atoms with Crippen LogP contribution in [-0.4, -0.2) is 4.98 Å². The molecule has 0 saturated heterocycles. The monoisotopic (exact) mass is 388 g/mol. The summed E-state index contributed by atoms with van der Waals surface area (Å²) in [5.74, 6) is 0. The van der Waals surface area contributed by atoms with Crippen molar-refractivity contribution in [2.75, 3.05) is 5.32 Å². The van der Waals surface area contributed by atoms with Gasteiger partial charge in [0.1, 0.15) is 4.60 Å². The highest BCUT2D eigenvalue weighted by atomic mass is 79.9. The van der Waals surface area contributed by atoms with Gasteiger partial charge in [0.05, 0.1) is 11.9 Å². The Morgan fingerprint density at radius 1 is 1.28 bits per heavy atom. The Kier molecular flexibility index (Phi) is 4.65. The Morgan fingerprint density at radius 2 is 2.06 bits per heavy atom. The van der Waals surface area contributed by atoms with Gasteiger partial charge < -0.3 is 5.32 Å². The number of hydrogen-bond donors (Lipinski definition) is 1. The molecule has 1 aromatic carbocycles. The van der Waals surface area contributed by atoms with Crippen LogP contribution in [0.3, 0.4) is 0 Å². The van der Waals surface area contributed by atoms with E-state index in [-0.39, 0.29) is 0 Å². The molecule has 0 bridgehead atoms. The number of benzene rings is 1. The largest absolute Gasteiger partial charge is 0.380 e. The molecule has 0 aliphatic heterocycles. The summed E-state index contributed by atoms with van der Waals surface area (Å²) in [6.07, 6.45) is 1.80. The summed E-state index contributed by atoms with van der Waals surface area (Å²) in [4.78, 5) is 4.25. The molecule has 1 N–H and O–H groups in total. The van der Waals surface area contributed by atoms with E-state index in [0.29, 0.717) is 6.54 Å². The quantitative estimate of drug-likeness (QED) is 0.731. The third-order valence-corrected chi connectivity index (χ3v) is 4.34. The van der Waals surface area contributed by atoms with E-state index in [1.807, 2.05) is 25.1 Å². The molecule has 0 atom stereocenters. The molecule has 1 aromatic heterocycles. The van der Waals surface area contributed by atoms with Crippen LogP contribution in [0.4, 0.5) is 5.69 Å². The first-order valence-corrected chi connectivity index (χ1v) is 7.32. The summed E-state index contributed by atoms with van der Waals surface area (Å²) in [5.41, 5.74) is 3.20. The number of nitrogens with zero attached hydrogens (tertiary/aromatic N) is 1. The fraction of sp³-hybridized carbons (Fsp3) is 0.154. The first-order chi connectivity index (χ1) is 8.56. The highest BCUT2D eigenvalue weighted by Crippen LogP contribution is 2.23. The van der Waals surface area contributed by atoms with Crippen LogP contribution in [-0.2, 0) is 6.54 Å². The summed E-state index contributed by atoms with van der Waals surface area (Å²) in [6, 6.07) is 7.80. The van der Waals surface area contributed by atoms with Crippen molar-refractivity contribution >= 4 is 49.1 Å². The molecule has 0 radical (unpaired) electrons. The van der Waals surface area contributed by atoms with Crippen LogP contribution in [0.1, 0.15) is 11.1 Å². The van der Waals surface area contributed by atoms with Gasteiger partial charge in [-0.3, -0.25) is 0 Å². The molecule has 2 nitrogen and oxygen atoms in total. The van der Waals surface area contributed by atoms with Gasteiger partial charge in [-0.1, -0.05) is 27.5 Å². The Balaban J connectivity index is 2.11. The maximum absolute atomic E-state index is 5.98. The van der Waals surface area contributed by atoms with Crippen molar-refractivity contribution in [3.05, 3.63) is 55.7 Å². The standard InChI is InChI=1S/C13H11Br2ClN2/c1-8-4-11(7-18-13(8)15)17-6-9-5-10(16)2-3-12(9)14/h2-5,7,17H,6H2,1H3. The summed E-state index contributed by atoms with van der Waals surface area (Å²) in [6.45, 7) is 2.71. The van der Waals surface area contributed by atoms with Crippen molar-refractivity contribution < 1.29 is 0 Å². The normalized spacial score (nSPS) is 10.4. The van der Waals surface area contributed by atoms with Crippen LogP contribution in [0.25, 0.3) is 0 Å². The first kappa shape index (κ1) is 13.8. The van der Waals surface area contributed by atoms with Gasteiger partial charge in [-0.05, 0) is 58.2 Å². The van der Waals surface area contributed by atoms with Gasteiger partial charge in [-0.25, -0.2) is 4.98 Å². The maximum atomic E-state index is 5.98. The predicted octanol–water partition coefficient (Wildman–Crippen LogP) is 5.18. The van der Waals surface area contributed by atoms with Gasteiger partial charge in [0, 0.05) is 16.0 Å². The number of anilines is 1. The van der Waals surface area contributed by atoms with Crippen LogP contribution >= 0.6 is 43.5 Å². The fourth-order valence-electron chi connectivity index (χ4n) is 1.53. The number of halogens is 3. The number of pyridine rings is 1. The van der Waals surface area contributed by atoms with Crippen LogP contribution in [0.5, 0.6) is 0 Å². The third-order valence-electron chi connectivity index (χ3n) is 2.51. The second kappa shape index (κ2) is 6.04. The number of hydrogen-bond acceptors (Lipinski definition) is 2. The summed E-state index contributed by atoms with van der Waals surface area (Å²) >= 11 is 12.9. The highest BCUT2D eigenvalue weighted by molar-refractivity contribution is 9.10. The number of nitrogens with one attached hydrogen (secondary N) is 1. The zero-order valence-corrected chi connectivity index (χ0v) is 13.6. The topological polar surface area (TPSA) is 24.9 Å². The minimum atomic E-state index is 0.698. The van der Waals surface area contributed by atoms with Crippen molar-refractivity contribution in [2.45, 2.75) is 13.5 Å². The lowest BCUT2D eigenvalue weighted by Gasteiger charge is -2.09. The zero-order chi connectivity index (χ0) is 13.1. The SMILES string of the molecule is Cc1cc(NCc2cc(Cl)ccc2Br)cnc1Br. The Bertz CT molecular complexity index is 573. The molecule has 5 heteroatoms. The van der Waals surface area contributed by atoms with Gasteiger partial charge in [0.25, 0.3) is 0 Å². The minimum Gasteiger partial charge on any atom is -0.380 e. The maximum Gasteiger partial charge on any atom is 0.109 e. The Morgan fingerprint density at radius 3 is 2.78 bits per heavy atom. The molecule has 2 rings (SSSR count). The molecule has 0 aliphatic rings. The lowest BCUT2D eigenvalue weighted by molar-refractivity contribution is 1.11. The summed E-state index contributed by atoms with van der Waals surface area (Å²) in [7, 11) is 0.